The van der Waals surface area contributed by atoms with Gasteiger partial charge in [0.25, 0.3) is 0 Å². The van der Waals surface area contributed by atoms with E-state index in [1.54, 1.807) is 109 Å². The van der Waals surface area contributed by atoms with E-state index >= 15 is 0 Å². The molecule has 0 aliphatic carbocycles. The lowest BCUT2D eigenvalue weighted by Gasteiger charge is -2.39. The average Bonchev–Trinajstić information content (AvgIpc) is 1.59. The van der Waals surface area contributed by atoms with E-state index in [1.807, 2.05) is 0 Å². The SMILES string of the molecule is OCC1O[C@@H](Oc2cccc(C3=C4NC(=C(c5cccc(OC6O[C@H](CO)C(O)[C@@H](O)[C@H]6O)c5)c5ccc([nH]5)C(c5cccc(O[C@@H]6OC(CO)[C@@H](O)[C@H](O)C6O)c5)=c5ccc([nH]5)=C(c5cccc(O[C@@H]6OC(CO)[C@@H](O)[C@H](O)C6O)c5)c5ccc3[nH]5)[C@H](O)[C@@H]4O)c2)C(O)[C@@H](O)[C@@H]1O. The molecule has 0 saturated carbocycles. The third-order valence-electron chi connectivity index (χ3n) is 18.3. The standard InChI is InChI=1S/C68H74N4O26/c73-23-41-51(77)57(83)61(87)65(95-41)91-31-9-1-5-27(19-31)45-35-13-14-36(69-35)46(28-6-2-10-32(20-28)92-66-62(88)58(84)52(78)42(24-74)96-66)38-16-18-40(71-38)48(30-8-4-12-34(22-30)94-68-64(90)60(86)54(80)44(26-76)98-68)50-56(82)55(81)49(72-50)47(39-17-15-37(45)70-39)29-7-3-11-33(21-29)93-67-63(89)59(85)53(79)43(25-75)97-67/h1-22,41-44,51-90H,23-26H2/t41?,42?,43-,44?,51-,52-,53?,54-,55+,56-,57+,58+,59-,60+,61?,62?,63-,64?,65-,66-,67?,68-/m1/s1. The number of ether oxygens (including phenoxy) is 8. The Morgan fingerprint density at radius 1 is 0.286 bits per heavy atom. The number of hydrogen-bond donors (Lipinski definition) is 22. The number of aromatic amines is 3. The molecule has 8 unspecified atom stereocenters. The summed E-state index contributed by atoms with van der Waals surface area (Å²) in [6.07, 6.45) is -36.2. The molecule has 22 N–H and O–H groups in total. The van der Waals surface area contributed by atoms with E-state index in [-0.39, 0.29) is 56.9 Å². The highest BCUT2D eigenvalue weighted by Gasteiger charge is 2.49. The van der Waals surface area contributed by atoms with E-state index in [2.05, 4.69) is 20.3 Å². The maximum Gasteiger partial charge on any atom is 0.229 e. The number of fused-ring (bicyclic) bond motifs is 8. The maximum absolute atomic E-state index is 12.8. The second-order valence-corrected chi connectivity index (χ2v) is 24.6. The van der Waals surface area contributed by atoms with Crippen LogP contribution in [-0.2, 0) is 18.9 Å². The van der Waals surface area contributed by atoms with Crippen LogP contribution in [0.4, 0.5) is 0 Å². The quantitative estimate of drug-likeness (QED) is 0.0430. The van der Waals surface area contributed by atoms with Crippen molar-refractivity contribution in [2.45, 2.75) is 135 Å². The van der Waals surface area contributed by atoms with Gasteiger partial charge >= 0.3 is 0 Å². The van der Waals surface area contributed by atoms with Crippen molar-refractivity contribution in [1.29, 1.82) is 0 Å². The van der Waals surface area contributed by atoms with Crippen molar-refractivity contribution in [3.8, 4) is 23.0 Å². The Kier molecular flexibility index (Phi) is 19.8. The van der Waals surface area contributed by atoms with Crippen LogP contribution in [0.5, 0.6) is 23.0 Å². The van der Waals surface area contributed by atoms with Crippen LogP contribution in [0, 0.1) is 0 Å². The number of aliphatic hydroxyl groups excluding tert-OH is 18. The summed E-state index contributed by atoms with van der Waals surface area (Å²) in [6.45, 7) is -2.91. The molecule has 6 aliphatic heterocycles. The zero-order chi connectivity index (χ0) is 69.1. The minimum absolute atomic E-state index is 0.00177. The summed E-state index contributed by atoms with van der Waals surface area (Å²) in [6, 6.07) is 36.0. The van der Waals surface area contributed by atoms with Gasteiger partial charge in [-0.3, -0.25) is 0 Å². The first-order chi connectivity index (χ1) is 47.2. The Hall–Kier alpha value is -7.94. The second-order valence-electron chi connectivity index (χ2n) is 24.6. The molecule has 5 saturated heterocycles. The zero-order valence-corrected chi connectivity index (χ0v) is 51.5. The molecule has 8 bridgehead atoms. The van der Waals surface area contributed by atoms with E-state index in [9.17, 15) is 91.9 Å². The molecule has 4 aromatic carbocycles. The molecule has 6 aliphatic rings. The van der Waals surface area contributed by atoms with E-state index in [1.165, 1.54) is 24.3 Å². The van der Waals surface area contributed by atoms with Crippen LogP contribution < -0.4 is 35.0 Å². The molecule has 0 amide bonds. The van der Waals surface area contributed by atoms with Gasteiger partial charge < -0.3 is 150 Å². The van der Waals surface area contributed by atoms with Crippen LogP contribution in [0.3, 0.4) is 0 Å². The van der Waals surface area contributed by atoms with Crippen LogP contribution in [0.1, 0.15) is 45.0 Å². The minimum Gasteiger partial charge on any atom is -0.462 e. The number of rotatable bonds is 16. The smallest absolute Gasteiger partial charge is 0.229 e. The summed E-state index contributed by atoms with van der Waals surface area (Å²) in [5, 5.41) is 199. The first kappa shape index (κ1) is 68.6. The molecule has 0 radical (unpaired) electrons. The largest absolute Gasteiger partial charge is 0.462 e. The Morgan fingerprint density at radius 2 is 0.541 bits per heavy atom. The van der Waals surface area contributed by atoms with Crippen molar-refractivity contribution in [1.82, 2.24) is 20.3 Å². The van der Waals surface area contributed by atoms with Gasteiger partial charge in [0.2, 0.25) is 25.2 Å². The first-order valence-electron chi connectivity index (χ1n) is 31.4. The fraction of sp³-hybridized carbons (Fsp3) is 0.382. The van der Waals surface area contributed by atoms with Crippen molar-refractivity contribution >= 4 is 22.3 Å². The van der Waals surface area contributed by atoms with E-state index in [0.717, 1.165) is 0 Å². The molecule has 0 spiro atoms. The van der Waals surface area contributed by atoms with Crippen LogP contribution >= 0.6 is 0 Å². The molecule has 13 rings (SSSR count). The fourth-order valence-corrected chi connectivity index (χ4v) is 13.0. The lowest BCUT2D eigenvalue weighted by Crippen LogP contribution is -2.60. The zero-order valence-electron chi connectivity index (χ0n) is 51.5. The van der Waals surface area contributed by atoms with Gasteiger partial charge in [0, 0.05) is 55.8 Å². The summed E-state index contributed by atoms with van der Waals surface area (Å²) in [4.78, 5) is 10.6. The molecule has 9 heterocycles. The third-order valence-corrected chi connectivity index (χ3v) is 18.3. The molecule has 3 aromatic heterocycles. The summed E-state index contributed by atoms with van der Waals surface area (Å²) in [5.41, 5.74) is 4.13. The Labute approximate surface area is 555 Å². The van der Waals surface area contributed by atoms with Gasteiger partial charge in [-0.15, -0.1) is 0 Å². The van der Waals surface area contributed by atoms with Gasteiger partial charge in [-0.25, -0.2) is 0 Å². The van der Waals surface area contributed by atoms with Crippen LogP contribution in [-0.4, -0.2) is 268 Å². The van der Waals surface area contributed by atoms with Crippen molar-refractivity contribution in [2.24, 2.45) is 0 Å². The summed E-state index contributed by atoms with van der Waals surface area (Å²) >= 11 is 0. The van der Waals surface area contributed by atoms with E-state index in [4.69, 9.17) is 37.9 Å². The molecule has 30 heteroatoms. The van der Waals surface area contributed by atoms with Crippen LogP contribution in [0.25, 0.3) is 22.3 Å². The number of H-pyrrole nitrogens is 3. The molecule has 22 atom stereocenters. The van der Waals surface area contributed by atoms with Crippen LogP contribution in [0.2, 0.25) is 0 Å². The number of aliphatic hydroxyl groups is 18. The van der Waals surface area contributed by atoms with Crippen molar-refractivity contribution < 1.29 is 130 Å². The second kappa shape index (κ2) is 28.4. The Bertz CT molecular complexity index is 3930. The van der Waals surface area contributed by atoms with Crippen molar-refractivity contribution in [3.63, 3.8) is 0 Å². The number of hydrogen-bond acceptors (Lipinski definition) is 27. The summed E-state index contributed by atoms with van der Waals surface area (Å²) < 4.78 is 47.5. The lowest BCUT2D eigenvalue weighted by molar-refractivity contribution is -0.277. The molecule has 30 nitrogen and oxygen atoms in total. The van der Waals surface area contributed by atoms with Crippen LogP contribution in [0.15, 0.2) is 145 Å². The third kappa shape index (κ3) is 12.9. The number of benzene rings is 4. The highest BCUT2D eigenvalue weighted by atomic mass is 16.7. The Balaban J connectivity index is 1.02. The predicted molar refractivity (Wildman–Crippen MR) is 335 cm³/mol. The molecular weight excluding hydrogens is 1290 g/mol. The predicted octanol–water partition coefficient (Wildman–Crippen LogP) is -5.26. The lowest BCUT2D eigenvalue weighted by atomic mass is 9.96. The number of nitrogens with one attached hydrogen (secondary N) is 4. The van der Waals surface area contributed by atoms with Crippen molar-refractivity contribution in [2.75, 3.05) is 26.4 Å². The molecule has 7 aromatic rings. The van der Waals surface area contributed by atoms with Gasteiger partial charge in [-0.1, -0.05) is 48.5 Å². The maximum atomic E-state index is 12.8. The Morgan fingerprint density at radius 3 is 0.806 bits per heavy atom. The fourth-order valence-electron chi connectivity index (χ4n) is 13.0. The van der Waals surface area contributed by atoms with E-state index < -0.39 is 161 Å². The average molecular weight is 1360 g/mol. The molecule has 5 fully saturated rings. The normalized spacial score (nSPS) is 33.6. The van der Waals surface area contributed by atoms with Gasteiger partial charge in [0.15, 0.2) is 0 Å². The van der Waals surface area contributed by atoms with Gasteiger partial charge in [0.05, 0.1) is 37.8 Å². The van der Waals surface area contributed by atoms with Crippen molar-refractivity contribution in [3.05, 3.63) is 201 Å². The molecular formula is C68H74N4O26. The minimum atomic E-state index is -1.80. The van der Waals surface area contributed by atoms with Gasteiger partial charge in [-0.2, -0.15) is 0 Å². The van der Waals surface area contributed by atoms with E-state index in [0.29, 0.717) is 55.5 Å². The highest BCUT2D eigenvalue weighted by molar-refractivity contribution is 5.89. The summed E-state index contributed by atoms with van der Waals surface area (Å²) in [7, 11) is 0. The molecule has 522 valence electrons. The first-order valence-corrected chi connectivity index (χ1v) is 31.4. The summed E-state index contributed by atoms with van der Waals surface area (Å²) in [5.74, 6) is 0.248. The topological polar surface area (TPSA) is 497 Å². The van der Waals surface area contributed by atoms with Gasteiger partial charge in [-0.05, 0) is 107 Å². The molecule has 98 heavy (non-hydrogen) atoms. The number of aromatic nitrogens is 3. The highest BCUT2D eigenvalue weighted by Crippen LogP contribution is 2.42. The monoisotopic (exact) mass is 1360 g/mol. The van der Waals surface area contributed by atoms with Gasteiger partial charge in [0.1, 0.15) is 133 Å².